The molecule has 0 spiro atoms. The molecule has 0 bridgehead atoms. The summed E-state index contributed by atoms with van der Waals surface area (Å²) in [7, 11) is 1.60. The Morgan fingerprint density at radius 3 is 2.61 bits per heavy atom. The molecule has 0 aliphatic rings. The molecular formula is C11H18N2O4S. The first-order valence-electron chi connectivity index (χ1n) is 5.43. The van der Waals surface area contributed by atoms with Gasteiger partial charge in [0.1, 0.15) is 16.3 Å². The molecule has 6 nitrogen and oxygen atoms in total. The molecule has 18 heavy (non-hydrogen) atoms. The molecule has 0 atom stereocenters. The van der Waals surface area contributed by atoms with Crippen LogP contribution in [0.25, 0.3) is 0 Å². The Balaban J connectivity index is 2.58. The van der Waals surface area contributed by atoms with E-state index in [1.807, 2.05) is 0 Å². The van der Waals surface area contributed by atoms with E-state index in [1.54, 1.807) is 33.2 Å². The third-order valence-corrected chi connectivity index (χ3v) is 2.76. The van der Waals surface area contributed by atoms with E-state index in [4.69, 9.17) is 14.9 Å². The van der Waals surface area contributed by atoms with Gasteiger partial charge in [-0.15, -0.1) is 11.3 Å². The molecule has 1 aromatic heterocycles. The standard InChI is InChI=1S/C11H18N2O4S/c1-11(2,3)17-10(16)13(4)5-8-12-7(6-18-8)9(14)15/h6,9,14-15H,5H2,1-4H3. The molecule has 2 N–H and O–H groups in total. The lowest BCUT2D eigenvalue weighted by atomic mass is 10.2. The van der Waals surface area contributed by atoms with Crippen molar-refractivity contribution in [2.45, 2.75) is 39.2 Å². The van der Waals surface area contributed by atoms with Gasteiger partial charge in [0.25, 0.3) is 0 Å². The molecule has 0 aliphatic heterocycles. The smallest absolute Gasteiger partial charge is 0.410 e. The van der Waals surface area contributed by atoms with Crippen LogP contribution in [0.15, 0.2) is 5.38 Å². The van der Waals surface area contributed by atoms with E-state index in [2.05, 4.69) is 4.98 Å². The average molecular weight is 274 g/mol. The van der Waals surface area contributed by atoms with Crippen molar-refractivity contribution in [3.63, 3.8) is 0 Å². The lowest BCUT2D eigenvalue weighted by molar-refractivity contribution is -0.0455. The molecule has 0 radical (unpaired) electrons. The quantitative estimate of drug-likeness (QED) is 0.816. The van der Waals surface area contributed by atoms with E-state index < -0.39 is 18.0 Å². The van der Waals surface area contributed by atoms with Crippen LogP contribution >= 0.6 is 11.3 Å². The lowest BCUT2D eigenvalue weighted by Crippen LogP contribution is -2.33. The van der Waals surface area contributed by atoms with E-state index in [9.17, 15) is 4.79 Å². The summed E-state index contributed by atoms with van der Waals surface area (Å²) in [5.41, 5.74) is -0.353. The van der Waals surface area contributed by atoms with E-state index >= 15 is 0 Å². The summed E-state index contributed by atoms with van der Waals surface area (Å²) < 4.78 is 5.19. The summed E-state index contributed by atoms with van der Waals surface area (Å²) in [6.07, 6.45) is -2.02. The molecule has 0 saturated heterocycles. The number of hydrogen-bond donors (Lipinski definition) is 2. The Labute approximate surface area is 110 Å². The Morgan fingerprint density at radius 2 is 2.17 bits per heavy atom. The van der Waals surface area contributed by atoms with Crippen LogP contribution in [0.1, 0.15) is 37.8 Å². The first-order valence-corrected chi connectivity index (χ1v) is 6.31. The zero-order valence-electron chi connectivity index (χ0n) is 10.9. The minimum absolute atomic E-state index is 0.188. The van der Waals surface area contributed by atoms with Crippen LogP contribution in [0.5, 0.6) is 0 Å². The number of hydrogen-bond acceptors (Lipinski definition) is 6. The number of ether oxygens (including phenoxy) is 1. The van der Waals surface area contributed by atoms with Gasteiger partial charge in [0.05, 0.1) is 6.54 Å². The third kappa shape index (κ3) is 4.59. The Bertz CT molecular complexity index is 411. The van der Waals surface area contributed by atoms with Crippen molar-refractivity contribution < 1.29 is 19.7 Å². The van der Waals surface area contributed by atoms with Crippen LogP contribution in [0, 0.1) is 0 Å². The van der Waals surface area contributed by atoms with Gasteiger partial charge < -0.3 is 19.8 Å². The molecule has 1 amide bonds. The normalized spacial score (nSPS) is 11.7. The maximum absolute atomic E-state index is 11.7. The number of thiazole rings is 1. The van der Waals surface area contributed by atoms with Crippen molar-refractivity contribution in [3.8, 4) is 0 Å². The van der Waals surface area contributed by atoms with Gasteiger partial charge in [-0.2, -0.15) is 0 Å². The first-order chi connectivity index (χ1) is 8.19. The summed E-state index contributed by atoms with van der Waals surface area (Å²) in [5.74, 6) is 0. The number of amides is 1. The maximum Gasteiger partial charge on any atom is 0.410 e. The summed E-state index contributed by atoms with van der Waals surface area (Å²) in [6, 6.07) is 0. The zero-order valence-corrected chi connectivity index (χ0v) is 11.7. The fraction of sp³-hybridized carbons (Fsp3) is 0.636. The fourth-order valence-electron chi connectivity index (χ4n) is 1.12. The molecule has 0 saturated carbocycles. The van der Waals surface area contributed by atoms with Gasteiger partial charge in [0, 0.05) is 12.4 Å². The summed E-state index contributed by atoms with van der Waals surface area (Å²) in [4.78, 5) is 17.1. The number of rotatable bonds is 3. The molecule has 102 valence electrons. The third-order valence-electron chi connectivity index (χ3n) is 1.91. The highest BCUT2D eigenvalue weighted by molar-refractivity contribution is 7.09. The topological polar surface area (TPSA) is 82.9 Å². The highest BCUT2D eigenvalue weighted by atomic mass is 32.1. The summed E-state index contributed by atoms with van der Waals surface area (Å²) >= 11 is 1.26. The van der Waals surface area contributed by atoms with Crippen molar-refractivity contribution in [2.24, 2.45) is 0 Å². The number of carbonyl (C=O) groups is 1. The SMILES string of the molecule is CN(Cc1nc(C(O)O)cs1)C(=O)OC(C)(C)C. The number of aliphatic hydroxyl groups is 2. The fourth-order valence-corrected chi connectivity index (χ4v) is 1.98. The van der Waals surface area contributed by atoms with Crippen LogP contribution < -0.4 is 0 Å². The zero-order chi connectivity index (χ0) is 13.9. The van der Waals surface area contributed by atoms with Crippen LogP contribution in [0.2, 0.25) is 0 Å². The lowest BCUT2D eigenvalue weighted by Gasteiger charge is -2.24. The number of nitrogens with zero attached hydrogens (tertiary/aromatic N) is 2. The highest BCUT2D eigenvalue weighted by Gasteiger charge is 2.20. The van der Waals surface area contributed by atoms with Crippen molar-refractivity contribution in [1.29, 1.82) is 0 Å². The van der Waals surface area contributed by atoms with Crippen molar-refractivity contribution in [3.05, 3.63) is 16.1 Å². The number of aromatic nitrogens is 1. The monoisotopic (exact) mass is 274 g/mol. The molecular weight excluding hydrogens is 256 g/mol. The van der Waals surface area contributed by atoms with Gasteiger partial charge in [0.2, 0.25) is 0 Å². The minimum atomic E-state index is -1.58. The van der Waals surface area contributed by atoms with Crippen LogP contribution in [-0.4, -0.2) is 38.8 Å². The Hall–Kier alpha value is -1.18. The van der Waals surface area contributed by atoms with E-state index in [-0.39, 0.29) is 12.2 Å². The summed E-state index contributed by atoms with van der Waals surface area (Å²) in [5, 5.41) is 20.0. The first kappa shape index (κ1) is 14.9. The molecule has 1 heterocycles. The predicted molar refractivity (Wildman–Crippen MR) is 67.0 cm³/mol. The number of carbonyl (C=O) groups excluding carboxylic acids is 1. The molecule has 0 aliphatic carbocycles. The van der Waals surface area contributed by atoms with Crippen LogP contribution in [0.4, 0.5) is 4.79 Å². The molecule has 0 unspecified atom stereocenters. The second kappa shape index (κ2) is 5.64. The van der Waals surface area contributed by atoms with E-state index in [1.165, 1.54) is 16.2 Å². The second-order valence-corrected chi connectivity index (χ2v) is 5.82. The van der Waals surface area contributed by atoms with Gasteiger partial charge in [-0.05, 0) is 20.8 Å². The molecule has 1 aromatic rings. The minimum Gasteiger partial charge on any atom is -0.444 e. The predicted octanol–water partition coefficient (Wildman–Crippen LogP) is 1.49. The van der Waals surface area contributed by atoms with Gasteiger partial charge in [0.15, 0.2) is 6.29 Å². The molecule has 1 rings (SSSR count). The van der Waals surface area contributed by atoms with E-state index in [0.29, 0.717) is 5.01 Å². The van der Waals surface area contributed by atoms with E-state index in [0.717, 1.165) is 0 Å². The van der Waals surface area contributed by atoms with Crippen molar-refractivity contribution in [2.75, 3.05) is 7.05 Å². The van der Waals surface area contributed by atoms with Crippen molar-refractivity contribution >= 4 is 17.4 Å². The number of aliphatic hydroxyl groups excluding tert-OH is 1. The van der Waals surface area contributed by atoms with Crippen LogP contribution in [0.3, 0.4) is 0 Å². The summed E-state index contributed by atoms with van der Waals surface area (Å²) in [6.45, 7) is 5.65. The second-order valence-electron chi connectivity index (χ2n) is 4.88. The van der Waals surface area contributed by atoms with Gasteiger partial charge in [-0.3, -0.25) is 0 Å². The molecule has 7 heteroatoms. The maximum atomic E-state index is 11.7. The van der Waals surface area contributed by atoms with Crippen LogP contribution in [-0.2, 0) is 11.3 Å². The van der Waals surface area contributed by atoms with Gasteiger partial charge >= 0.3 is 6.09 Å². The van der Waals surface area contributed by atoms with Gasteiger partial charge in [-0.1, -0.05) is 0 Å². The average Bonchev–Trinajstić information content (AvgIpc) is 2.63. The molecule has 0 aromatic carbocycles. The van der Waals surface area contributed by atoms with Gasteiger partial charge in [-0.25, -0.2) is 9.78 Å². The molecule has 0 fully saturated rings. The Kier molecular flexibility index (Phi) is 4.66. The highest BCUT2D eigenvalue weighted by Crippen LogP contribution is 2.17. The largest absolute Gasteiger partial charge is 0.444 e. The van der Waals surface area contributed by atoms with Crippen molar-refractivity contribution in [1.82, 2.24) is 9.88 Å². The Morgan fingerprint density at radius 1 is 1.56 bits per heavy atom.